The van der Waals surface area contributed by atoms with Crippen LogP contribution in [0.15, 0.2) is 78.2 Å². The van der Waals surface area contributed by atoms with Crippen LogP contribution in [0, 0.1) is 6.92 Å². The van der Waals surface area contributed by atoms with Gasteiger partial charge in [0.05, 0.1) is 11.4 Å². The number of anilines is 2. The minimum atomic E-state index is -0.0799. The van der Waals surface area contributed by atoms with Crippen molar-refractivity contribution in [2.24, 2.45) is 0 Å². The second-order valence-corrected chi connectivity index (χ2v) is 9.18. The van der Waals surface area contributed by atoms with Crippen molar-refractivity contribution in [2.75, 3.05) is 29.1 Å². The van der Waals surface area contributed by atoms with Crippen molar-refractivity contribution < 1.29 is 4.79 Å². The maximum Gasteiger partial charge on any atom is 0.234 e. The number of carbonyl (C=O) groups excluding carboxylic acids is 1. The lowest BCUT2D eigenvalue weighted by molar-refractivity contribution is -0.113. The van der Waals surface area contributed by atoms with E-state index in [0.29, 0.717) is 5.16 Å². The third kappa shape index (κ3) is 4.82. The SMILES string of the molecule is Cc1ccccc1-n1c(SCC(=O)Nc2ccc(N3CCCC3)cc2)nnc1-c1ccncc1. The van der Waals surface area contributed by atoms with E-state index in [-0.39, 0.29) is 11.7 Å². The first-order valence-electron chi connectivity index (χ1n) is 11.4. The quantitative estimate of drug-likeness (QED) is 0.385. The molecular weight excluding hydrogens is 444 g/mol. The van der Waals surface area contributed by atoms with Crippen LogP contribution < -0.4 is 10.2 Å². The van der Waals surface area contributed by atoms with Crippen molar-refractivity contribution >= 4 is 29.0 Å². The summed E-state index contributed by atoms with van der Waals surface area (Å²) >= 11 is 1.37. The molecule has 1 aliphatic heterocycles. The van der Waals surface area contributed by atoms with Crippen LogP contribution in [0.1, 0.15) is 18.4 Å². The zero-order chi connectivity index (χ0) is 23.3. The summed E-state index contributed by atoms with van der Waals surface area (Å²) in [5.41, 5.74) is 5.01. The Morgan fingerprint density at radius 1 is 0.971 bits per heavy atom. The number of aryl methyl sites for hydroxylation is 1. The number of para-hydroxylation sites is 1. The molecule has 0 radical (unpaired) electrons. The molecule has 1 amide bonds. The van der Waals surface area contributed by atoms with Crippen LogP contribution in [0.25, 0.3) is 17.1 Å². The van der Waals surface area contributed by atoms with E-state index in [1.807, 2.05) is 47.0 Å². The Hall–Kier alpha value is -3.65. The Balaban J connectivity index is 1.32. The number of amides is 1. The largest absolute Gasteiger partial charge is 0.372 e. The van der Waals surface area contributed by atoms with Gasteiger partial charge < -0.3 is 10.2 Å². The lowest BCUT2D eigenvalue weighted by Crippen LogP contribution is -2.18. The first kappa shape index (κ1) is 22.2. The van der Waals surface area contributed by atoms with Gasteiger partial charge in [-0.3, -0.25) is 14.3 Å². The molecule has 2 aromatic heterocycles. The molecule has 1 fully saturated rings. The highest BCUT2D eigenvalue weighted by atomic mass is 32.2. The second kappa shape index (κ2) is 10.1. The molecule has 8 heteroatoms. The van der Waals surface area contributed by atoms with Crippen molar-refractivity contribution in [1.29, 1.82) is 0 Å². The molecule has 0 spiro atoms. The third-order valence-corrected chi connectivity index (χ3v) is 6.81. The molecule has 3 heterocycles. The number of thioether (sulfide) groups is 1. The van der Waals surface area contributed by atoms with Gasteiger partial charge in [-0.25, -0.2) is 0 Å². The molecule has 0 atom stereocenters. The first-order chi connectivity index (χ1) is 16.7. The Bertz CT molecular complexity index is 1270. The molecule has 4 aromatic rings. The van der Waals surface area contributed by atoms with Gasteiger partial charge in [-0.15, -0.1) is 10.2 Å². The smallest absolute Gasteiger partial charge is 0.234 e. The fourth-order valence-corrected chi connectivity index (χ4v) is 4.89. The van der Waals surface area contributed by atoms with Crippen molar-refractivity contribution in [3.63, 3.8) is 0 Å². The van der Waals surface area contributed by atoms with E-state index in [1.54, 1.807) is 12.4 Å². The van der Waals surface area contributed by atoms with Gasteiger partial charge in [-0.2, -0.15) is 0 Å². The molecule has 0 bridgehead atoms. The summed E-state index contributed by atoms with van der Waals surface area (Å²) in [5.74, 6) is 0.870. The third-order valence-electron chi connectivity index (χ3n) is 5.88. The first-order valence-corrected chi connectivity index (χ1v) is 12.4. The van der Waals surface area contributed by atoms with Crippen LogP contribution in [0.5, 0.6) is 0 Å². The lowest BCUT2D eigenvalue weighted by Gasteiger charge is -2.17. The molecule has 172 valence electrons. The molecule has 0 saturated carbocycles. The number of hydrogen-bond acceptors (Lipinski definition) is 6. The highest BCUT2D eigenvalue weighted by molar-refractivity contribution is 7.99. The number of carbonyl (C=O) groups is 1. The number of pyridine rings is 1. The average Bonchev–Trinajstić information content (AvgIpc) is 3.55. The monoisotopic (exact) mass is 470 g/mol. The van der Waals surface area contributed by atoms with Gasteiger partial charge in [0.25, 0.3) is 0 Å². The minimum Gasteiger partial charge on any atom is -0.372 e. The van der Waals surface area contributed by atoms with E-state index >= 15 is 0 Å². The van der Waals surface area contributed by atoms with Gasteiger partial charge >= 0.3 is 0 Å². The van der Waals surface area contributed by atoms with Gasteiger partial charge in [0, 0.05) is 42.4 Å². The zero-order valence-corrected chi connectivity index (χ0v) is 19.8. The van der Waals surface area contributed by atoms with E-state index in [1.165, 1.54) is 30.3 Å². The van der Waals surface area contributed by atoms with Gasteiger partial charge in [-0.1, -0.05) is 30.0 Å². The van der Waals surface area contributed by atoms with Crippen LogP contribution in [0.3, 0.4) is 0 Å². The number of aromatic nitrogens is 4. The van der Waals surface area contributed by atoms with E-state index < -0.39 is 0 Å². The predicted molar refractivity (Wildman–Crippen MR) is 137 cm³/mol. The molecule has 0 aliphatic carbocycles. The number of rotatable bonds is 7. The zero-order valence-electron chi connectivity index (χ0n) is 19.0. The van der Waals surface area contributed by atoms with Crippen LogP contribution in [-0.2, 0) is 4.79 Å². The molecule has 1 N–H and O–H groups in total. The standard InChI is InChI=1S/C26H26N6OS/c1-19-6-2-3-7-23(19)32-25(20-12-14-27-15-13-20)29-30-26(32)34-18-24(33)28-21-8-10-22(11-9-21)31-16-4-5-17-31/h2-3,6-15H,4-5,16-18H2,1H3,(H,28,33). The van der Waals surface area contributed by atoms with E-state index in [0.717, 1.165) is 41.4 Å². The fourth-order valence-electron chi connectivity index (χ4n) is 4.14. The lowest BCUT2D eigenvalue weighted by atomic mass is 10.2. The number of hydrogen-bond donors (Lipinski definition) is 1. The van der Waals surface area contributed by atoms with Crippen LogP contribution in [0.2, 0.25) is 0 Å². The molecule has 0 unspecified atom stereocenters. The Kier molecular flexibility index (Phi) is 6.58. The average molecular weight is 471 g/mol. The van der Waals surface area contributed by atoms with E-state index in [4.69, 9.17) is 0 Å². The van der Waals surface area contributed by atoms with Gasteiger partial charge in [0.1, 0.15) is 0 Å². The fraction of sp³-hybridized carbons (Fsp3) is 0.231. The molecule has 2 aromatic carbocycles. The molecule has 1 saturated heterocycles. The minimum absolute atomic E-state index is 0.0799. The van der Waals surface area contributed by atoms with Gasteiger partial charge in [0.2, 0.25) is 5.91 Å². The molecule has 34 heavy (non-hydrogen) atoms. The van der Waals surface area contributed by atoms with E-state index in [2.05, 4.69) is 50.5 Å². The van der Waals surface area contributed by atoms with E-state index in [9.17, 15) is 4.79 Å². The maximum absolute atomic E-state index is 12.7. The van der Waals surface area contributed by atoms with Crippen molar-refractivity contribution in [1.82, 2.24) is 19.7 Å². The van der Waals surface area contributed by atoms with Crippen molar-refractivity contribution in [3.8, 4) is 17.1 Å². The molecular formula is C26H26N6OS. The van der Waals surface area contributed by atoms with Crippen molar-refractivity contribution in [3.05, 3.63) is 78.6 Å². The summed E-state index contributed by atoms with van der Waals surface area (Å²) in [6, 6.07) is 20.0. The second-order valence-electron chi connectivity index (χ2n) is 8.24. The maximum atomic E-state index is 12.7. The van der Waals surface area contributed by atoms with Gasteiger partial charge in [0.15, 0.2) is 11.0 Å². The van der Waals surface area contributed by atoms with Gasteiger partial charge in [-0.05, 0) is 67.8 Å². The summed E-state index contributed by atoms with van der Waals surface area (Å²) in [6.07, 6.45) is 5.96. The Morgan fingerprint density at radius 3 is 2.44 bits per heavy atom. The van der Waals surface area contributed by atoms with Crippen LogP contribution in [0.4, 0.5) is 11.4 Å². The highest BCUT2D eigenvalue weighted by Crippen LogP contribution is 2.29. The summed E-state index contributed by atoms with van der Waals surface area (Å²) in [7, 11) is 0. The van der Waals surface area contributed by atoms with Crippen LogP contribution in [-0.4, -0.2) is 44.5 Å². The van der Waals surface area contributed by atoms with Crippen molar-refractivity contribution in [2.45, 2.75) is 24.9 Å². The molecule has 5 rings (SSSR count). The molecule has 7 nitrogen and oxygen atoms in total. The normalized spacial score (nSPS) is 13.3. The number of nitrogens with one attached hydrogen (secondary N) is 1. The summed E-state index contributed by atoms with van der Waals surface area (Å²) in [4.78, 5) is 19.2. The molecule has 1 aliphatic rings. The Labute approximate surface area is 203 Å². The predicted octanol–water partition coefficient (Wildman–Crippen LogP) is 4.97. The summed E-state index contributed by atoms with van der Waals surface area (Å²) < 4.78 is 2.01. The Morgan fingerprint density at radius 2 is 1.71 bits per heavy atom. The number of benzene rings is 2. The highest BCUT2D eigenvalue weighted by Gasteiger charge is 2.18. The van der Waals surface area contributed by atoms with Crippen LogP contribution >= 0.6 is 11.8 Å². The summed E-state index contributed by atoms with van der Waals surface area (Å²) in [5, 5.41) is 12.5. The topological polar surface area (TPSA) is 75.9 Å². The number of nitrogens with zero attached hydrogens (tertiary/aromatic N) is 5. The summed E-state index contributed by atoms with van der Waals surface area (Å²) in [6.45, 7) is 4.26.